The van der Waals surface area contributed by atoms with E-state index in [0.717, 1.165) is 11.6 Å². The number of rotatable bonds is 3. The van der Waals surface area contributed by atoms with Gasteiger partial charge in [0.2, 0.25) is 0 Å². The van der Waals surface area contributed by atoms with Gasteiger partial charge in [0.05, 0.1) is 0 Å². The lowest BCUT2D eigenvalue weighted by Gasteiger charge is -1.99. The first-order valence-electron chi connectivity index (χ1n) is 3.65. The third-order valence-electron chi connectivity index (χ3n) is 1.39. The van der Waals surface area contributed by atoms with Crippen LogP contribution in [0.15, 0.2) is 24.3 Å². The van der Waals surface area contributed by atoms with E-state index in [-0.39, 0.29) is 0 Å². The zero-order valence-electron chi connectivity index (χ0n) is 6.51. The van der Waals surface area contributed by atoms with Crippen LogP contribution in [0, 0.1) is 0 Å². The predicted molar refractivity (Wildman–Crippen MR) is 51.3 cm³/mol. The standard InChI is InChI=1S/C8H11ClOSi/c1-2-10-11-8-5-3-7(9)4-6-8/h3-6H,2,11H2,1H3. The van der Waals surface area contributed by atoms with E-state index in [9.17, 15) is 0 Å². The monoisotopic (exact) mass is 186 g/mol. The molecule has 1 aromatic rings. The summed E-state index contributed by atoms with van der Waals surface area (Å²) in [6, 6.07) is 7.88. The Morgan fingerprint density at radius 2 is 2.00 bits per heavy atom. The van der Waals surface area contributed by atoms with Gasteiger partial charge in [0.25, 0.3) is 0 Å². The van der Waals surface area contributed by atoms with Crippen molar-refractivity contribution in [2.24, 2.45) is 0 Å². The Kier molecular flexibility index (Phi) is 3.63. The van der Waals surface area contributed by atoms with E-state index in [2.05, 4.69) is 0 Å². The molecule has 1 aromatic carbocycles. The van der Waals surface area contributed by atoms with Gasteiger partial charge >= 0.3 is 0 Å². The van der Waals surface area contributed by atoms with Crippen molar-refractivity contribution >= 4 is 26.6 Å². The summed E-state index contributed by atoms with van der Waals surface area (Å²) in [7, 11) is -0.486. The summed E-state index contributed by atoms with van der Waals surface area (Å²) in [5.41, 5.74) is 0. The Morgan fingerprint density at radius 3 is 2.55 bits per heavy atom. The topological polar surface area (TPSA) is 9.23 Å². The second kappa shape index (κ2) is 4.54. The maximum Gasteiger partial charge on any atom is 0.192 e. The van der Waals surface area contributed by atoms with E-state index in [1.165, 1.54) is 5.19 Å². The number of hydrogen-bond acceptors (Lipinski definition) is 1. The summed E-state index contributed by atoms with van der Waals surface area (Å²) >= 11 is 5.72. The van der Waals surface area contributed by atoms with Gasteiger partial charge in [-0.25, -0.2) is 0 Å². The molecule has 1 rings (SSSR count). The summed E-state index contributed by atoms with van der Waals surface area (Å²) in [4.78, 5) is 0. The molecule has 0 aliphatic rings. The number of halogens is 1. The highest BCUT2D eigenvalue weighted by atomic mass is 35.5. The predicted octanol–water partition coefficient (Wildman–Crippen LogP) is 1.09. The highest BCUT2D eigenvalue weighted by molar-refractivity contribution is 6.47. The van der Waals surface area contributed by atoms with Gasteiger partial charge in [-0.2, -0.15) is 0 Å². The van der Waals surface area contributed by atoms with Crippen LogP contribution in [0.4, 0.5) is 0 Å². The van der Waals surface area contributed by atoms with E-state index < -0.39 is 9.76 Å². The minimum Gasteiger partial charge on any atom is -0.419 e. The molecule has 1 nitrogen and oxygen atoms in total. The van der Waals surface area contributed by atoms with Gasteiger partial charge in [0.1, 0.15) is 0 Å². The third-order valence-corrected chi connectivity index (χ3v) is 3.06. The fourth-order valence-corrected chi connectivity index (χ4v) is 1.79. The molecule has 11 heavy (non-hydrogen) atoms. The van der Waals surface area contributed by atoms with E-state index in [1.807, 2.05) is 31.2 Å². The summed E-state index contributed by atoms with van der Waals surface area (Å²) in [5.74, 6) is 0. The Labute approximate surface area is 74.3 Å². The van der Waals surface area contributed by atoms with Crippen LogP contribution in [-0.4, -0.2) is 16.4 Å². The van der Waals surface area contributed by atoms with Gasteiger partial charge in [-0.15, -0.1) is 0 Å². The molecule has 0 saturated carbocycles. The molecular weight excluding hydrogens is 176 g/mol. The quantitative estimate of drug-likeness (QED) is 0.643. The van der Waals surface area contributed by atoms with Gasteiger partial charge in [-0.05, 0) is 24.2 Å². The Balaban J connectivity index is 2.52. The molecule has 0 atom stereocenters. The summed E-state index contributed by atoms with van der Waals surface area (Å²) in [5, 5.41) is 2.09. The third kappa shape index (κ3) is 3.06. The zero-order valence-corrected chi connectivity index (χ0v) is 8.68. The highest BCUT2D eigenvalue weighted by Crippen LogP contribution is 2.02. The van der Waals surface area contributed by atoms with Gasteiger partial charge in [-0.3, -0.25) is 0 Å². The minimum atomic E-state index is -0.486. The second-order valence-corrected chi connectivity index (χ2v) is 4.21. The van der Waals surface area contributed by atoms with Gasteiger partial charge in [0.15, 0.2) is 9.76 Å². The van der Waals surface area contributed by atoms with Gasteiger partial charge < -0.3 is 4.43 Å². The van der Waals surface area contributed by atoms with Crippen LogP contribution in [0.3, 0.4) is 0 Å². The van der Waals surface area contributed by atoms with Crippen molar-refractivity contribution in [2.45, 2.75) is 6.92 Å². The summed E-state index contributed by atoms with van der Waals surface area (Å²) in [6.07, 6.45) is 0. The molecule has 3 heteroatoms. The average molecular weight is 187 g/mol. The highest BCUT2D eigenvalue weighted by Gasteiger charge is 1.92. The molecule has 0 saturated heterocycles. The smallest absolute Gasteiger partial charge is 0.192 e. The molecular formula is C8H11ClOSi. The van der Waals surface area contributed by atoms with Crippen molar-refractivity contribution in [3.8, 4) is 0 Å². The lowest BCUT2D eigenvalue weighted by atomic mass is 10.4. The molecule has 0 amide bonds. The van der Waals surface area contributed by atoms with Crippen LogP contribution < -0.4 is 5.19 Å². The molecule has 0 fully saturated rings. The Hall–Kier alpha value is -0.313. The van der Waals surface area contributed by atoms with Crippen molar-refractivity contribution in [1.29, 1.82) is 0 Å². The molecule has 0 aliphatic carbocycles. The fourth-order valence-electron chi connectivity index (χ4n) is 0.801. The first-order valence-corrected chi connectivity index (χ1v) is 5.31. The molecule has 0 aromatic heterocycles. The van der Waals surface area contributed by atoms with Crippen LogP contribution in [0.2, 0.25) is 5.02 Å². The zero-order chi connectivity index (χ0) is 8.10. The minimum absolute atomic E-state index is 0.486. The average Bonchev–Trinajstić information content (AvgIpc) is 2.04. The Bertz CT molecular complexity index is 210. The molecule has 0 radical (unpaired) electrons. The van der Waals surface area contributed by atoms with Crippen LogP contribution in [0.5, 0.6) is 0 Å². The van der Waals surface area contributed by atoms with Crippen LogP contribution in [-0.2, 0) is 4.43 Å². The van der Waals surface area contributed by atoms with Gasteiger partial charge in [0, 0.05) is 11.6 Å². The van der Waals surface area contributed by atoms with E-state index in [0.29, 0.717) is 0 Å². The maximum atomic E-state index is 5.72. The van der Waals surface area contributed by atoms with Crippen molar-refractivity contribution < 1.29 is 4.43 Å². The van der Waals surface area contributed by atoms with Gasteiger partial charge in [-0.1, -0.05) is 23.7 Å². The lowest BCUT2D eigenvalue weighted by Crippen LogP contribution is -2.16. The fraction of sp³-hybridized carbons (Fsp3) is 0.250. The second-order valence-electron chi connectivity index (χ2n) is 2.26. The first kappa shape index (κ1) is 8.78. The molecule has 0 N–H and O–H groups in total. The Morgan fingerprint density at radius 1 is 1.36 bits per heavy atom. The maximum absolute atomic E-state index is 5.72. The van der Waals surface area contributed by atoms with Crippen LogP contribution in [0.1, 0.15) is 6.92 Å². The molecule has 60 valence electrons. The molecule has 0 bridgehead atoms. The van der Waals surface area contributed by atoms with E-state index in [1.54, 1.807) is 0 Å². The SMILES string of the molecule is CCO[SiH2]c1ccc(Cl)cc1. The van der Waals surface area contributed by atoms with Crippen molar-refractivity contribution in [1.82, 2.24) is 0 Å². The van der Waals surface area contributed by atoms with E-state index in [4.69, 9.17) is 16.0 Å². The van der Waals surface area contributed by atoms with Crippen LogP contribution >= 0.6 is 11.6 Å². The number of hydrogen-bond donors (Lipinski definition) is 0. The summed E-state index contributed by atoms with van der Waals surface area (Å²) < 4.78 is 5.36. The summed E-state index contributed by atoms with van der Waals surface area (Å²) in [6.45, 7) is 2.83. The molecule has 0 spiro atoms. The first-order chi connectivity index (χ1) is 5.33. The normalized spacial score (nSPS) is 11.1. The van der Waals surface area contributed by atoms with Crippen molar-refractivity contribution in [3.63, 3.8) is 0 Å². The van der Waals surface area contributed by atoms with Crippen molar-refractivity contribution in [2.75, 3.05) is 6.61 Å². The molecule has 0 heterocycles. The molecule has 0 aliphatic heterocycles. The lowest BCUT2D eigenvalue weighted by molar-refractivity contribution is 0.367. The van der Waals surface area contributed by atoms with Crippen molar-refractivity contribution in [3.05, 3.63) is 29.3 Å². The largest absolute Gasteiger partial charge is 0.419 e. The van der Waals surface area contributed by atoms with Crippen LogP contribution in [0.25, 0.3) is 0 Å². The van der Waals surface area contributed by atoms with E-state index >= 15 is 0 Å². The molecule has 0 unspecified atom stereocenters. The number of benzene rings is 1.